The third-order valence-electron chi connectivity index (χ3n) is 4.76. The molecule has 1 aromatic carbocycles. The number of hydrogen-bond donors (Lipinski definition) is 1. The molecule has 1 saturated heterocycles. The number of rotatable bonds is 0. The quantitative estimate of drug-likeness (QED) is 0.792. The van der Waals surface area contributed by atoms with Gasteiger partial charge >= 0.3 is 0 Å². The van der Waals surface area contributed by atoms with Crippen molar-refractivity contribution in [2.45, 2.75) is 25.3 Å². The van der Waals surface area contributed by atoms with E-state index in [1.54, 1.807) is 6.07 Å². The van der Waals surface area contributed by atoms with E-state index in [9.17, 15) is 9.18 Å². The van der Waals surface area contributed by atoms with Crippen molar-refractivity contribution < 1.29 is 9.18 Å². The second-order valence-corrected chi connectivity index (χ2v) is 6.13. The molecule has 3 unspecified atom stereocenters. The van der Waals surface area contributed by atoms with Gasteiger partial charge < -0.3 is 10.2 Å². The third kappa shape index (κ3) is 1.52. The Hall–Kier alpha value is -1.29. The van der Waals surface area contributed by atoms with Gasteiger partial charge in [-0.15, -0.1) is 0 Å². The Morgan fingerprint density at radius 3 is 3.05 bits per heavy atom. The van der Waals surface area contributed by atoms with E-state index in [0.29, 0.717) is 17.5 Å². The summed E-state index contributed by atoms with van der Waals surface area (Å²) in [6, 6.07) is 2.86. The molecule has 3 nitrogen and oxygen atoms in total. The van der Waals surface area contributed by atoms with E-state index >= 15 is 0 Å². The van der Waals surface area contributed by atoms with Gasteiger partial charge in [-0.05, 0) is 30.7 Å². The van der Waals surface area contributed by atoms with E-state index in [4.69, 9.17) is 11.6 Å². The molecule has 1 N–H and O–H groups in total. The summed E-state index contributed by atoms with van der Waals surface area (Å²) in [5.41, 5.74) is 1.41. The number of hydrogen-bond acceptors (Lipinski definition) is 2. The maximum absolute atomic E-state index is 13.5. The number of benzene rings is 1. The molecule has 0 spiro atoms. The fourth-order valence-electron chi connectivity index (χ4n) is 3.97. The summed E-state index contributed by atoms with van der Waals surface area (Å²) in [5, 5.41) is 2.95. The molecule has 3 aliphatic rings. The van der Waals surface area contributed by atoms with Crippen LogP contribution in [0.25, 0.3) is 0 Å². The number of carbonyl (C=O) groups excluding carboxylic acids is 1. The summed E-state index contributed by atoms with van der Waals surface area (Å²) in [4.78, 5) is 14.4. The van der Waals surface area contributed by atoms with Crippen molar-refractivity contribution in [1.82, 2.24) is 0 Å². The van der Waals surface area contributed by atoms with Crippen LogP contribution in [0.15, 0.2) is 12.1 Å². The van der Waals surface area contributed by atoms with E-state index < -0.39 is 5.82 Å². The summed E-state index contributed by atoms with van der Waals surface area (Å²) >= 11 is 5.88. The number of fused-ring (bicyclic) bond motifs is 5. The summed E-state index contributed by atoms with van der Waals surface area (Å²) in [6.07, 6.45) is 3.52. The molecule has 1 saturated carbocycles. The van der Waals surface area contributed by atoms with Crippen molar-refractivity contribution >= 4 is 28.9 Å². The Morgan fingerprint density at radius 1 is 1.37 bits per heavy atom. The van der Waals surface area contributed by atoms with Crippen LogP contribution in [0.2, 0.25) is 5.02 Å². The zero-order chi connectivity index (χ0) is 13.1. The summed E-state index contributed by atoms with van der Waals surface area (Å²) in [5.74, 6) is 0.546. The largest absolute Gasteiger partial charge is 0.357 e. The van der Waals surface area contributed by atoms with Crippen LogP contribution >= 0.6 is 11.6 Å². The molecule has 2 aliphatic heterocycles. The molecule has 0 bridgehead atoms. The van der Waals surface area contributed by atoms with E-state index in [2.05, 4.69) is 10.2 Å². The maximum Gasteiger partial charge on any atom is 0.247 e. The van der Waals surface area contributed by atoms with Crippen molar-refractivity contribution in [2.24, 2.45) is 11.8 Å². The molecule has 100 valence electrons. The van der Waals surface area contributed by atoms with Crippen LogP contribution in [0.3, 0.4) is 0 Å². The van der Waals surface area contributed by atoms with Crippen LogP contribution in [0.5, 0.6) is 0 Å². The lowest BCUT2D eigenvalue weighted by Crippen LogP contribution is -2.46. The number of nitrogens with zero attached hydrogens (tertiary/aromatic N) is 1. The molecule has 1 amide bonds. The number of carbonyl (C=O) groups is 1. The van der Waals surface area contributed by atoms with Crippen LogP contribution in [-0.4, -0.2) is 18.5 Å². The maximum atomic E-state index is 13.5. The van der Waals surface area contributed by atoms with Gasteiger partial charge in [-0.3, -0.25) is 4.79 Å². The van der Waals surface area contributed by atoms with Gasteiger partial charge in [0.1, 0.15) is 11.9 Å². The number of halogens is 2. The van der Waals surface area contributed by atoms with Crippen LogP contribution < -0.4 is 10.2 Å². The topological polar surface area (TPSA) is 32.3 Å². The van der Waals surface area contributed by atoms with Crippen LogP contribution in [-0.2, 0) is 4.79 Å². The molecule has 1 aliphatic carbocycles. The minimum absolute atomic E-state index is 0.00335. The van der Waals surface area contributed by atoms with Gasteiger partial charge in [0.05, 0.1) is 16.4 Å². The normalized spacial score (nSPS) is 31.8. The van der Waals surface area contributed by atoms with Gasteiger partial charge in [0, 0.05) is 12.6 Å². The predicted molar refractivity (Wildman–Crippen MR) is 72.0 cm³/mol. The lowest BCUT2D eigenvalue weighted by atomic mass is 9.92. The van der Waals surface area contributed by atoms with E-state index in [0.717, 1.165) is 18.7 Å². The average molecular weight is 281 g/mol. The number of amides is 1. The summed E-state index contributed by atoms with van der Waals surface area (Å²) in [6.45, 7) is 0.887. The van der Waals surface area contributed by atoms with Gasteiger partial charge in [-0.25, -0.2) is 4.39 Å². The number of anilines is 2. The van der Waals surface area contributed by atoms with Crippen LogP contribution in [0.1, 0.15) is 19.3 Å². The molecule has 19 heavy (non-hydrogen) atoms. The first-order chi connectivity index (χ1) is 9.15. The van der Waals surface area contributed by atoms with E-state index in [1.165, 1.54) is 18.9 Å². The molecule has 2 fully saturated rings. The highest BCUT2D eigenvalue weighted by atomic mass is 35.5. The molecule has 0 radical (unpaired) electrons. The minimum Gasteiger partial charge on any atom is -0.357 e. The van der Waals surface area contributed by atoms with Gasteiger partial charge in [0.15, 0.2) is 0 Å². The van der Waals surface area contributed by atoms with E-state index in [1.807, 2.05) is 0 Å². The molecule has 2 heterocycles. The SMILES string of the molecule is O=C1Nc2cc(F)c(Cl)cc2N2CC3CCCC3C12. The predicted octanol–water partition coefficient (Wildman–Crippen LogP) is 3.04. The first kappa shape index (κ1) is 11.5. The third-order valence-corrected chi connectivity index (χ3v) is 5.05. The highest BCUT2D eigenvalue weighted by molar-refractivity contribution is 6.31. The first-order valence-corrected chi connectivity index (χ1v) is 7.09. The molecular formula is C14H14ClFN2O. The van der Waals surface area contributed by atoms with Gasteiger partial charge in [-0.2, -0.15) is 0 Å². The average Bonchev–Trinajstić information content (AvgIpc) is 2.91. The lowest BCUT2D eigenvalue weighted by Gasteiger charge is -2.35. The lowest BCUT2D eigenvalue weighted by molar-refractivity contribution is -0.118. The number of nitrogens with one attached hydrogen (secondary N) is 1. The summed E-state index contributed by atoms with van der Waals surface area (Å²) < 4.78 is 13.5. The van der Waals surface area contributed by atoms with Crippen LogP contribution in [0.4, 0.5) is 15.8 Å². The zero-order valence-electron chi connectivity index (χ0n) is 10.3. The van der Waals surface area contributed by atoms with Crippen molar-refractivity contribution in [1.29, 1.82) is 0 Å². The van der Waals surface area contributed by atoms with Crippen LogP contribution in [0, 0.1) is 17.7 Å². The first-order valence-electron chi connectivity index (χ1n) is 6.71. The van der Waals surface area contributed by atoms with Gasteiger partial charge in [0.25, 0.3) is 0 Å². The fraction of sp³-hybridized carbons (Fsp3) is 0.500. The highest BCUT2D eigenvalue weighted by Crippen LogP contribution is 2.48. The Morgan fingerprint density at radius 2 is 2.21 bits per heavy atom. The Labute approximate surface area is 115 Å². The molecule has 4 rings (SSSR count). The molecule has 5 heteroatoms. The van der Waals surface area contributed by atoms with E-state index in [-0.39, 0.29) is 17.0 Å². The smallest absolute Gasteiger partial charge is 0.247 e. The molecule has 0 aromatic heterocycles. The molecule has 1 aromatic rings. The fourth-order valence-corrected chi connectivity index (χ4v) is 4.13. The van der Waals surface area contributed by atoms with Crippen molar-refractivity contribution in [2.75, 3.05) is 16.8 Å². The van der Waals surface area contributed by atoms with Gasteiger partial charge in [-0.1, -0.05) is 18.0 Å². The highest BCUT2D eigenvalue weighted by Gasteiger charge is 2.50. The zero-order valence-corrected chi connectivity index (χ0v) is 11.1. The van der Waals surface area contributed by atoms with Crippen molar-refractivity contribution in [3.63, 3.8) is 0 Å². The second-order valence-electron chi connectivity index (χ2n) is 5.72. The molecular weight excluding hydrogens is 267 g/mol. The second kappa shape index (κ2) is 3.85. The standard InChI is InChI=1S/C14H14ClFN2O/c15-9-4-12-11(5-10(9)16)17-14(19)13-8-3-1-2-7(8)6-18(12)13/h4-5,7-8,13H,1-3,6H2,(H,17,19). The summed E-state index contributed by atoms with van der Waals surface area (Å²) in [7, 11) is 0. The Balaban J connectivity index is 1.82. The molecule has 3 atom stereocenters. The van der Waals surface area contributed by atoms with Crippen molar-refractivity contribution in [3.05, 3.63) is 23.0 Å². The van der Waals surface area contributed by atoms with Crippen molar-refractivity contribution in [3.8, 4) is 0 Å². The monoisotopic (exact) mass is 280 g/mol. The Kier molecular flexibility index (Phi) is 2.34. The van der Waals surface area contributed by atoms with Gasteiger partial charge in [0.2, 0.25) is 5.91 Å². The Bertz CT molecular complexity index is 577. The minimum atomic E-state index is -0.487.